The van der Waals surface area contributed by atoms with E-state index in [0.29, 0.717) is 25.1 Å². The smallest absolute Gasteiger partial charge is 0.223 e. The Balaban J connectivity index is 0.00000320. The summed E-state index contributed by atoms with van der Waals surface area (Å²) in [6, 6.07) is 8.92. The average molecular weight is 528 g/mol. The molecule has 2 fully saturated rings. The van der Waals surface area contributed by atoms with Crippen LogP contribution in [0.25, 0.3) is 0 Å². The van der Waals surface area contributed by atoms with E-state index in [2.05, 4.69) is 46.9 Å². The van der Waals surface area contributed by atoms with E-state index < -0.39 is 0 Å². The maximum Gasteiger partial charge on any atom is 0.223 e. The van der Waals surface area contributed by atoms with Crippen molar-refractivity contribution in [3.8, 4) is 5.75 Å². The van der Waals surface area contributed by atoms with E-state index in [0.717, 1.165) is 50.2 Å². The summed E-state index contributed by atoms with van der Waals surface area (Å²) >= 11 is 0. The zero-order chi connectivity index (χ0) is 20.6. The van der Waals surface area contributed by atoms with Gasteiger partial charge in [0.05, 0.1) is 6.54 Å². The minimum atomic E-state index is 0. The van der Waals surface area contributed by atoms with Crippen LogP contribution in [0.2, 0.25) is 0 Å². The zero-order valence-corrected chi connectivity index (χ0v) is 20.8. The van der Waals surface area contributed by atoms with Crippen molar-refractivity contribution in [1.29, 1.82) is 0 Å². The van der Waals surface area contributed by atoms with Crippen LogP contribution in [0.15, 0.2) is 29.3 Å². The molecule has 2 atom stereocenters. The second-order valence-corrected chi connectivity index (χ2v) is 8.53. The van der Waals surface area contributed by atoms with Crippen molar-refractivity contribution in [3.05, 3.63) is 29.8 Å². The molecule has 2 saturated carbocycles. The number of rotatable bonds is 8. The molecular formula is C23H37IN4O2. The molecule has 2 aliphatic rings. The lowest BCUT2D eigenvalue weighted by Gasteiger charge is -2.30. The number of hydrogen-bond donors (Lipinski definition) is 3. The van der Waals surface area contributed by atoms with E-state index in [-0.39, 0.29) is 41.8 Å². The Labute approximate surface area is 198 Å². The van der Waals surface area contributed by atoms with E-state index >= 15 is 0 Å². The first kappa shape index (κ1) is 24.8. The fourth-order valence-electron chi connectivity index (χ4n) is 3.91. The van der Waals surface area contributed by atoms with Crippen molar-refractivity contribution in [3.63, 3.8) is 0 Å². The minimum Gasteiger partial charge on any atom is -0.491 e. The molecule has 6 nitrogen and oxygen atoms in total. The van der Waals surface area contributed by atoms with Gasteiger partial charge in [-0.1, -0.05) is 38.5 Å². The predicted molar refractivity (Wildman–Crippen MR) is 133 cm³/mol. The summed E-state index contributed by atoms with van der Waals surface area (Å²) < 4.78 is 5.98. The number of ether oxygens (including phenoxy) is 1. The van der Waals surface area contributed by atoms with Gasteiger partial charge in [-0.05, 0) is 49.7 Å². The lowest BCUT2D eigenvalue weighted by Crippen LogP contribution is -2.47. The number of benzene rings is 1. The Hall–Kier alpha value is -1.51. The lowest BCUT2D eigenvalue weighted by molar-refractivity contribution is -0.126. The lowest BCUT2D eigenvalue weighted by atomic mass is 9.85. The molecule has 0 saturated heterocycles. The van der Waals surface area contributed by atoms with Crippen LogP contribution in [0.1, 0.15) is 63.9 Å². The molecule has 1 amide bonds. The fourth-order valence-corrected chi connectivity index (χ4v) is 3.91. The maximum absolute atomic E-state index is 12.4. The van der Waals surface area contributed by atoms with Crippen LogP contribution >= 0.6 is 24.0 Å². The Bertz CT molecular complexity index is 706. The van der Waals surface area contributed by atoms with Crippen molar-refractivity contribution >= 4 is 35.8 Å². The predicted octanol–water partition coefficient (Wildman–Crippen LogP) is 3.81. The van der Waals surface area contributed by atoms with E-state index in [9.17, 15) is 4.79 Å². The average Bonchev–Trinajstić information content (AvgIpc) is 3.54. The summed E-state index contributed by atoms with van der Waals surface area (Å²) in [6.07, 6.45) is 6.29. The topological polar surface area (TPSA) is 74.8 Å². The molecular weight excluding hydrogens is 491 g/mol. The highest BCUT2D eigenvalue weighted by atomic mass is 127. The second-order valence-electron chi connectivity index (χ2n) is 8.53. The largest absolute Gasteiger partial charge is 0.491 e. The first-order valence-corrected chi connectivity index (χ1v) is 11.1. The number of amides is 1. The van der Waals surface area contributed by atoms with Crippen LogP contribution in [0.5, 0.6) is 5.75 Å². The fraction of sp³-hybridized carbons (Fsp3) is 0.652. The first-order valence-electron chi connectivity index (χ1n) is 11.1. The van der Waals surface area contributed by atoms with Gasteiger partial charge in [0.1, 0.15) is 12.4 Å². The van der Waals surface area contributed by atoms with Gasteiger partial charge in [-0.3, -0.25) is 9.79 Å². The maximum atomic E-state index is 12.4. The van der Waals surface area contributed by atoms with Gasteiger partial charge in [0.15, 0.2) is 5.96 Å². The molecule has 7 heteroatoms. The number of halogens is 1. The van der Waals surface area contributed by atoms with Crippen molar-refractivity contribution in [2.75, 3.05) is 20.2 Å². The van der Waals surface area contributed by atoms with E-state index in [1.807, 2.05) is 12.1 Å². The number of hydrogen-bond acceptors (Lipinski definition) is 3. The Morgan fingerprint density at radius 3 is 2.60 bits per heavy atom. The van der Waals surface area contributed by atoms with Gasteiger partial charge in [-0.2, -0.15) is 0 Å². The van der Waals surface area contributed by atoms with Crippen molar-refractivity contribution in [2.24, 2.45) is 10.9 Å². The third-order valence-corrected chi connectivity index (χ3v) is 5.73. The molecule has 1 aromatic rings. The molecule has 3 N–H and O–H groups in total. The number of para-hydroxylation sites is 1. The Kier molecular flexibility index (Phi) is 10.2. The number of guanidine groups is 1. The highest BCUT2D eigenvalue weighted by molar-refractivity contribution is 14.0. The van der Waals surface area contributed by atoms with Gasteiger partial charge >= 0.3 is 0 Å². The van der Waals surface area contributed by atoms with Crippen molar-refractivity contribution in [1.82, 2.24) is 16.0 Å². The van der Waals surface area contributed by atoms with E-state index in [1.165, 1.54) is 5.56 Å². The van der Waals surface area contributed by atoms with Crippen LogP contribution in [0, 0.1) is 5.92 Å². The van der Waals surface area contributed by atoms with Crippen LogP contribution in [0.4, 0.5) is 0 Å². The Morgan fingerprint density at radius 1 is 1.13 bits per heavy atom. The van der Waals surface area contributed by atoms with Crippen LogP contribution in [-0.2, 0) is 4.79 Å². The number of nitrogens with one attached hydrogen (secondary N) is 3. The zero-order valence-electron chi connectivity index (χ0n) is 18.4. The number of nitrogens with zero attached hydrogens (tertiary/aromatic N) is 1. The molecule has 0 radical (unpaired) electrons. The third-order valence-electron chi connectivity index (χ3n) is 5.73. The molecule has 0 aliphatic heterocycles. The summed E-state index contributed by atoms with van der Waals surface area (Å²) in [5, 5.41) is 9.98. The Morgan fingerprint density at radius 2 is 1.90 bits per heavy atom. The summed E-state index contributed by atoms with van der Waals surface area (Å²) in [6.45, 7) is 5.59. The van der Waals surface area contributed by atoms with Gasteiger partial charge in [-0.15, -0.1) is 24.0 Å². The molecule has 0 aromatic heterocycles. The van der Waals surface area contributed by atoms with Crippen LogP contribution in [0.3, 0.4) is 0 Å². The van der Waals surface area contributed by atoms with Crippen molar-refractivity contribution in [2.45, 2.75) is 70.4 Å². The number of carbonyl (C=O) groups is 1. The highest BCUT2D eigenvalue weighted by Gasteiger charge is 2.31. The number of carbonyl (C=O) groups excluding carboxylic acids is 1. The molecule has 2 unspecified atom stereocenters. The molecule has 0 bridgehead atoms. The summed E-state index contributed by atoms with van der Waals surface area (Å²) in [7, 11) is 1.78. The summed E-state index contributed by atoms with van der Waals surface area (Å²) in [5.74, 6) is 2.52. The third kappa shape index (κ3) is 7.63. The quantitative estimate of drug-likeness (QED) is 0.208. The first-order chi connectivity index (χ1) is 14.1. The molecule has 1 aromatic carbocycles. The second kappa shape index (κ2) is 12.4. The molecule has 168 valence electrons. The van der Waals surface area contributed by atoms with E-state index in [4.69, 9.17) is 4.74 Å². The molecule has 0 spiro atoms. The van der Waals surface area contributed by atoms with Gasteiger partial charge in [-0.25, -0.2) is 0 Å². The standard InChI is InChI=1S/C23H36N4O2.HI/c1-16(2)20-9-4-5-10-21(20)29-14-13-25-23(24-3)27-19-8-6-7-17(15-19)22(28)26-18-11-12-18;/h4-5,9-10,16-19H,6-8,11-15H2,1-3H3,(H,26,28)(H2,24,25,27);1H. The highest BCUT2D eigenvalue weighted by Crippen LogP contribution is 2.27. The monoisotopic (exact) mass is 528 g/mol. The van der Waals surface area contributed by atoms with Crippen LogP contribution in [-0.4, -0.2) is 44.1 Å². The van der Waals surface area contributed by atoms with Gasteiger partial charge < -0.3 is 20.7 Å². The minimum absolute atomic E-state index is 0. The molecule has 0 heterocycles. The summed E-state index contributed by atoms with van der Waals surface area (Å²) in [4.78, 5) is 16.7. The molecule has 3 rings (SSSR count). The number of aliphatic imine (C=N–C) groups is 1. The van der Waals surface area contributed by atoms with Crippen LogP contribution < -0.4 is 20.7 Å². The molecule has 2 aliphatic carbocycles. The van der Waals surface area contributed by atoms with Gasteiger partial charge in [0, 0.05) is 25.0 Å². The van der Waals surface area contributed by atoms with Crippen molar-refractivity contribution < 1.29 is 9.53 Å². The summed E-state index contributed by atoms with van der Waals surface area (Å²) in [5.41, 5.74) is 1.23. The van der Waals surface area contributed by atoms with Gasteiger partial charge in [0.25, 0.3) is 0 Å². The van der Waals surface area contributed by atoms with Gasteiger partial charge in [0.2, 0.25) is 5.91 Å². The SMILES string of the molecule is CN=C(NCCOc1ccccc1C(C)C)NC1CCCC(C(=O)NC2CC2)C1.I. The molecule has 30 heavy (non-hydrogen) atoms. The van der Waals surface area contributed by atoms with E-state index in [1.54, 1.807) is 7.05 Å². The normalized spacial score (nSPS) is 21.5.